The fourth-order valence-corrected chi connectivity index (χ4v) is 3.79. The van der Waals surface area contributed by atoms with E-state index in [2.05, 4.69) is 13.8 Å². The Hall–Kier alpha value is -0.890. The van der Waals surface area contributed by atoms with Crippen molar-refractivity contribution in [3.63, 3.8) is 0 Å². The SMILES string of the molecule is CCCCCCC(CCCOC(=O)OCCCC(CCCCCC)OCCOC)OCCOC. The van der Waals surface area contributed by atoms with Crippen molar-refractivity contribution in [2.75, 3.05) is 53.9 Å². The lowest BCUT2D eigenvalue weighted by Gasteiger charge is -2.18. The van der Waals surface area contributed by atoms with Gasteiger partial charge in [-0.1, -0.05) is 65.2 Å². The van der Waals surface area contributed by atoms with Crippen LogP contribution in [-0.4, -0.2) is 72.2 Å². The summed E-state index contributed by atoms with van der Waals surface area (Å²) in [7, 11) is 3.36. The molecule has 2 atom stereocenters. The van der Waals surface area contributed by atoms with E-state index in [0.29, 0.717) is 39.6 Å². The van der Waals surface area contributed by atoms with Crippen LogP contribution in [0.1, 0.15) is 104 Å². The molecule has 0 amide bonds. The summed E-state index contributed by atoms with van der Waals surface area (Å²) in [6.07, 6.45) is 15.0. The van der Waals surface area contributed by atoms with Gasteiger partial charge in [0, 0.05) is 14.2 Å². The Balaban J connectivity index is 3.99. The quantitative estimate of drug-likeness (QED) is 0.0986. The zero-order chi connectivity index (χ0) is 25.1. The molecule has 0 rings (SSSR count). The average Bonchev–Trinajstić information content (AvgIpc) is 2.84. The number of rotatable bonds is 26. The molecule has 0 radical (unpaired) electrons. The summed E-state index contributed by atoms with van der Waals surface area (Å²) in [4.78, 5) is 11.9. The monoisotopic (exact) mass is 490 g/mol. The summed E-state index contributed by atoms with van der Waals surface area (Å²) in [6, 6.07) is 0. The highest BCUT2D eigenvalue weighted by Gasteiger charge is 2.12. The van der Waals surface area contributed by atoms with Crippen molar-refractivity contribution < 1.29 is 33.2 Å². The number of methoxy groups -OCH3 is 2. The van der Waals surface area contributed by atoms with Crippen molar-refractivity contribution in [1.82, 2.24) is 0 Å². The molecule has 0 aromatic heterocycles. The van der Waals surface area contributed by atoms with Crippen LogP contribution in [0.15, 0.2) is 0 Å². The first-order valence-corrected chi connectivity index (χ1v) is 13.7. The topological polar surface area (TPSA) is 72.5 Å². The number of unbranched alkanes of at least 4 members (excludes halogenated alkanes) is 6. The van der Waals surface area contributed by atoms with Crippen molar-refractivity contribution in [3.8, 4) is 0 Å². The van der Waals surface area contributed by atoms with Crippen LogP contribution in [-0.2, 0) is 28.4 Å². The van der Waals surface area contributed by atoms with Gasteiger partial charge in [0.25, 0.3) is 0 Å². The standard InChI is InChI=1S/C27H54O7/c1-5-7-9-11-15-25(31-23-21-29-3)17-13-19-33-27(28)34-20-14-18-26(32-24-22-30-4)16-12-10-8-6-2/h25-26H,5-24H2,1-4H3. The van der Waals surface area contributed by atoms with Crippen molar-refractivity contribution in [2.24, 2.45) is 0 Å². The zero-order valence-electron chi connectivity index (χ0n) is 22.7. The number of carbonyl (C=O) groups excluding carboxylic acids is 1. The number of hydrogen-bond donors (Lipinski definition) is 0. The van der Waals surface area contributed by atoms with E-state index in [1.165, 1.54) is 51.4 Å². The molecule has 0 bridgehead atoms. The van der Waals surface area contributed by atoms with Crippen molar-refractivity contribution >= 4 is 6.16 Å². The molecule has 0 heterocycles. The maximum atomic E-state index is 11.9. The Morgan fingerprint density at radius 3 is 1.32 bits per heavy atom. The van der Waals surface area contributed by atoms with Gasteiger partial charge in [0.2, 0.25) is 0 Å². The highest BCUT2D eigenvalue weighted by molar-refractivity contribution is 5.59. The minimum Gasteiger partial charge on any atom is -0.434 e. The van der Waals surface area contributed by atoms with E-state index in [9.17, 15) is 4.79 Å². The van der Waals surface area contributed by atoms with Crippen LogP contribution in [0.25, 0.3) is 0 Å². The molecule has 0 aliphatic carbocycles. The molecular formula is C27H54O7. The van der Waals surface area contributed by atoms with Gasteiger partial charge in [0.05, 0.1) is 51.8 Å². The Kier molecular flexibility index (Phi) is 26.0. The number of ether oxygens (including phenoxy) is 6. The van der Waals surface area contributed by atoms with Gasteiger partial charge in [0.1, 0.15) is 0 Å². The third-order valence-electron chi connectivity index (χ3n) is 5.82. The molecule has 0 saturated carbocycles. The molecule has 204 valence electrons. The van der Waals surface area contributed by atoms with Gasteiger partial charge in [0.15, 0.2) is 0 Å². The van der Waals surface area contributed by atoms with Crippen LogP contribution in [0.2, 0.25) is 0 Å². The smallest absolute Gasteiger partial charge is 0.434 e. The Labute approximate surface area is 209 Å². The van der Waals surface area contributed by atoms with E-state index in [1.54, 1.807) is 14.2 Å². The number of carbonyl (C=O) groups is 1. The summed E-state index contributed by atoms with van der Waals surface area (Å²) >= 11 is 0. The van der Waals surface area contributed by atoms with Crippen molar-refractivity contribution in [2.45, 2.75) is 116 Å². The highest BCUT2D eigenvalue weighted by atomic mass is 16.7. The third-order valence-corrected chi connectivity index (χ3v) is 5.82. The lowest BCUT2D eigenvalue weighted by molar-refractivity contribution is -0.00147. The van der Waals surface area contributed by atoms with Gasteiger partial charge in [-0.05, 0) is 38.5 Å². The van der Waals surface area contributed by atoms with Crippen LogP contribution in [0, 0.1) is 0 Å². The fraction of sp³-hybridized carbons (Fsp3) is 0.963. The minimum absolute atomic E-state index is 0.194. The van der Waals surface area contributed by atoms with E-state index >= 15 is 0 Å². The molecule has 0 aliphatic heterocycles. The van der Waals surface area contributed by atoms with E-state index < -0.39 is 6.16 Å². The first-order valence-electron chi connectivity index (χ1n) is 13.7. The predicted octanol–water partition coefficient (Wildman–Crippen LogP) is 6.70. The summed E-state index contributed by atoms with van der Waals surface area (Å²) in [6.45, 7) is 7.56. The molecule has 0 aromatic rings. The van der Waals surface area contributed by atoms with E-state index in [1.807, 2.05) is 0 Å². The Morgan fingerprint density at radius 2 is 0.941 bits per heavy atom. The maximum absolute atomic E-state index is 11.9. The van der Waals surface area contributed by atoms with Crippen LogP contribution < -0.4 is 0 Å². The van der Waals surface area contributed by atoms with Crippen molar-refractivity contribution in [3.05, 3.63) is 0 Å². The van der Waals surface area contributed by atoms with Gasteiger partial charge in [-0.2, -0.15) is 0 Å². The predicted molar refractivity (Wildman–Crippen MR) is 137 cm³/mol. The lowest BCUT2D eigenvalue weighted by Crippen LogP contribution is -2.18. The molecule has 7 heteroatoms. The van der Waals surface area contributed by atoms with Gasteiger partial charge < -0.3 is 28.4 Å². The average molecular weight is 491 g/mol. The van der Waals surface area contributed by atoms with Crippen LogP contribution in [0.4, 0.5) is 4.79 Å². The Morgan fingerprint density at radius 1 is 0.529 bits per heavy atom. The van der Waals surface area contributed by atoms with E-state index in [0.717, 1.165) is 38.5 Å². The van der Waals surface area contributed by atoms with E-state index in [-0.39, 0.29) is 12.2 Å². The second-order valence-electron chi connectivity index (χ2n) is 8.90. The summed E-state index contributed by atoms with van der Waals surface area (Å²) < 4.78 is 32.5. The summed E-state index contributed by atoms with van der Waals surface area (Å²) in [5.41, 5.74) is 0. The lowest BCUT2D eigenvalue weighted by atomic mass is 10.1. The molecular weight excluding hydrogens is 436 g/mol. The molecule has 0 fully saturated rings. The van der Waals surface area contributed by atoms with Gasteiger partial charge in [-0.3, -0.25) is 0 Å². The molecule has 7 nitrogen and oxygen atoms in total. The highest BCUT2D eigenvalue weighted by Crippen LogP contribution is 2.15. The second kappa shape index (κ2) is 26.7. The largest absolute Gasteiger partial charge is 0.508 e. The molecule has 0 saturated heterocycles. The zero-order valence-corrected chi connectivity index (χ0v) is 22.7. The van der Waals surface area contributed by atoms with Crippen molar-refractivity contribution in [1.29, 1.82) is 0 Å². The third kappa shape index (κ3) is 22.9. The summed E-state index contributed by atoms with van der Waals surface area (Å²) in [5.74, 6) is 0. The van der Waals surface area contributed by atoms with Crippen LogP contribution in [0.5, 0.6) is 0 Å². The first-order chi connectivity index (χ1) is 16.7. The molecule has 2 unspecified atom stereocenters. The maximum Gasteiger partial charge on any atom is 0.508 e. The van der Waals surface area contributed by atoms with Gasteiger partial charge in [-0.25, -0.2) is 4.79 Å². The molecule has 0 aromatic carbocycles. The fourth-order valence-electron chi connectivity index (χ4n) is 3.79. The molecule has 34 heavy (non-hydrogen) atoms. The second-order valence-corrected chi connectivity index (χ2v) is 8.90. The summed E-state index contributed by atoms with van der Waals surface area (Å²) in [5, 5.41) is 0. The normalized spacial score (nSPS) is 13.1. The van der Waals surface area contributed by atoms with Gasteiger partial charge in [-0.15, -0.1) is 0 Å². The molecule has 0 spiro atoms. The minimum atomic E-state index is -0.584. The van der Waals surface area contributed by atoms with Crippen LogP contribution in [0.3, 0.4) is 0 Å². The molecule has 0 aliphatic rings. The Bertz CT molecular complexity index is 384. The van der Waals surface area contributed by atoms with Crippen LogP contribution >= 0.6 is 0 Å². The first kappa shape index (κ1) is 33.1. The molecule has 0 N–H and O–H groups in total. The van der Waals surface area contributed by atoms with E-state index in [4.69, 9.17) is 28.4 Å². The van der Waals surface area contributed by atoms with Gasteiger partial charge >= 0.3 is 6.16 Å². The number of hydrogen-bond acceptors (Lipinski definition) is 7.